The van der Waals surface area contributed by atoms with Crippen LogP contribution in [0.4, 0.5) is 0 Å². The van der Waals surface area contributed by atoms with E-state index >= 15 is 0 Å². The van der Waals surface area contributed by atoms with Crippen LogP contribution < -0.4 is 5.32 Å². The summed E-state index contributed by atoms with van der Waals surface area (Å²) in [6, 6.07) is 0. The molecule has 5 nitrogen and oxygen atoms in total. The van der Waals surface area contributed by atoms with Gasteiger partial charge in [-0.1, -0.05) is 0 Å². The number of hydrogen-bond acceptors (Lipinski definition) is 5. The molecule has 0 aromatic rings. The summed E-state index contributed by atoms with van der Waals surface area (Å²) in [5.41, 5.74) is 0. The van der Waals surface area contributed by atoms with Crippen molar-refractivity contribution in [3.63, 3.8) is 0 Å². The first kappa shape index (κ1) is 14.4. The molecule has 1 saturated heterocycles. The van der Waals surface area contributed by atoms with Gasteiger partial charge in [0.15, 0.2) is 0 Å². The molecule has 0 bridgehead atoms. The molecule has 1 N–H and O–H groups in total. The summed E-state index contributed by atoms with van der Waals surface area (Å²) in [5.74, 6) is -0.117. The number of carbonyl (C=O) groups is 1. The number of hydrogen-bond donors (Lipinski definition) is 1. The van der Waals surface area contributed by atoms with Gasteiger partial charge in [0.2, 0.25) is 0 Å². The summed E-state index contributed by atoms with van der Waals surface area (Å²) in [5, 5.41) is 3.26. The molecule has 0 saturated carbocycles. The summed E-state index contributed by atoms with van der Waals surface area (Å²) < 4.78 is 10.1. The van der Waals surface area contributed by atoms with E-state index < -0.39 is 0 Å². The Hall–Kier alpha value is -0.650. The molecule has 17 heavy (non-hydrogen) atoms. The van der Waals surface area contributed by atoms with E-state index in [9.17, 15) is 4.79 Å². The number of esters is 1. The van der Waals surface area contributed by atoms with E-state index in [1.165, 1.54) is 0 Å². The number of morpholine rings is 1. The van der Waals surface area contributed by atoms with Gasteiger partial charge in [-0.2, -0.15) is 0 Å². The maximum Gasteiger partial charge on any atom is 0.307 e. The van der Waals surface area contributed by atoms with Gasteiger partial charge in [0.1, 0.15) is 0 Å². The van der Waals surface area contributed by atoms with Gasteiger partial charge in [-0.05, 0) is 26.4 Å². The van der Waals surface area contributed by atoms with Gasteiger partial charge in [0.25, 0.3) is 0 Å². The monoisotopic (exact) mass is 244 g/mol. The van der Waals surface area contributed by atoms with Gasteiger partial charge < -0.3 is 14.8 Å². The molecule has 0 radical (unpaired) electrons. The molecule has 0 aromatic carbocycles. The molecule has 0 aromatic heterocycles. The van der Waals surface area contributed by atoms with Crippen LogP contribution in [0.5, 0.6) is 0 Å². The lowest BCUT2D eigenvalue weighted by molar-refractivity contribution is -0.142. The van der Waals surface area contributed by atoms with Crippen molar-refractivity contribution in [2.24, 2.45) is 0 Å². The number of nitrogens with zero attached hydrogens (tertiary/aromatic N) is 1. The normalized spacial score (nSPS) is 17.0. The molecule has 1 fully saturated rings. The molecular weight excluding hydrogens is 220 g/mol. The van der Waals surface area contributed by atoms with Crippen molar-refractivity contribution in [3.8, 4) is 0 Å². The van der Waals surface area contributed by atoms with Gasteiger partial charge in [0.05, 0.1) is 26.2 Å². The fraction of sp³-hybridized carbons (Fsp3) is 0.917. The number of rotatable bonds is 8. The second-order valence-electron chi connectivity index (χ2n) is 4.11. The first-order valence-corrected chi connectivity index (χ1v) is 6.49. The third-order valence-corrected chi connectivity index (χ3v) is 2.74. The Morgan fingerprint density at radius 2 is 2.12 bits per heavy atom. The zero-order valence-electron chi connectivity index (χ0n) is 10.7. The third-order valence-electron chi connectivity index (χ3n) is 2.74. The summed E-state index contributed by atoms with van der Waals surface area (Å²) in [6.45, 7) is 8.87. The molecule has 1 aliphatic rings. The Labute approximate surface area is 103 Å². The topological polar surface area (TPSA) is 50.8 Å². The Kier molecular flexibility index (Phi) is 7.96. The second-order valence-corrected chi connectivity index (χ2v) is 4.11. The molecule has 1 aliphatic heterocycles. The molecule has 0 atom stereocenters. The maximum atomic E-state index is 11.0. The van der Waals surface area contributed by atoms with Crippen LogP contribution in [-0.4, -0.2) is 63.4 Å². The van der Waals surface area contributed by atoms with Crippen LogP contribution in [0.3, 0.4) is 0 Å². The predicted octanol–water partition coefficient (Wildman–Crippen LogP) is 0.252. The lowest BCUT2D eigenvalue weighted by Crippen LogP contribution is -2.37. The van der Waals surface area contributed by atoms with Crippen molar-refractivity contribution in [2.75, 3.05) is 52.5 Å². The summed E-state index contributed by atoms with van der Waals surface area (Å²) in [6.07, 6.45) is 1.58. The highest BCUT2D eigenvalue weighted by molar-refractivity contribution is 5.69. The molecule has 1 heterocycles. The van der Waals surface area contributed by atoms with Crippen molar-refractivity contribution in [1.29, 1.82) is 0 Å². The Morgan fingerprint density at radius 1 is 1.35 bits per heavy atom. The zero-order chi connectivity index (χ0) is 12.3. The van der Waals surface area contributed by atoms with Crippen molar-refractivity contribution < 1.29 is 14.3 Å². The minimum absolute atomic E-state index is 0.117. The van der Waals surface area contributed by atoms with Gasteiger partial charge >= 0.3 is 5.97 Å². The highest BCUT2D eigenvalue weighted by Crippen LogP contribution is 1.97. The van der Waals surface area contributed by atoms with Gasteiger partial charge in [-0.25, -0.2) is 0 Å². The summed E-state index contributed by atoms with van der Waals surface area (Å²) in [4.78, 5) is 13.5. The maximum absolute atomic E-state index is 11.0. The van der Waals surface area contributed by atoms with Gasteiger partial charge in [-0.3, -0.25) is 9.69 Å². The van der Waals surface area contributed by atoms with Crippen molar-refractivity contribution >= 4 is 5.97 Å². The molecular formula is C12H24N2O3. The van der Waals surface area contributed by atoms with E-state index in [2.05, 4.69) is 10.2 Å². The Bertz CT molecular complexity index is 206. The minimum Gasteiger partial charge on any atom is -0.466 e. The van der Waals surface area contributed by atoms with E-state index in [0.717, 1.165) is 45.8 Å². The molecule has 1 rings (SSSR count). The molecule has 0 spiro atoms. The summed E-state index contributed by atoms with van der Waals surface area (Å²) >= 11 is 0. The number of carbonyl (C=O) groups excluding carboxylic acids is 1. The fourth-order valence-electron chi connectivity index (χ4n) is 1.80. The van der Waals surface area contributed by atoms with Crippen LogP contribution >= 0.6 is 0 Å². The molecule has 5 heteroatoms. The van der Waals surface area contributed by atoms with Crippen molar-refractivity contribution in [1.82, 2.24) is 10.2 Å². The Balaban J connectivity index is 1.85. The van der Waals surface area contributed by atoms with E-state index in [1.54, 1.807) is 0 Å². The highest BCUT2D eigenvalue weighted by atomic mass is 16.5. The average Bonchev–Trinajstić information content (AvgIpc) is 2.35. The number of ether oxygens (including phenoxy) is 2. The SMILES string of the molecule is CCOC(=O)CCNCCCN1CCOCC1. The Morgan fingerprint density at radius 3 is 2.82 bits per heavy atom. The van der Waals surface area contributed by atoms with E-state index in [-0.39, 0.29) is 5.97 Å². The molecule has 100 valence electrons. The quantitative estimate of drug-likeness (QED) is 0.490. The third kappa shape index (κ3) is 7.31. The van der Waals surface area contributed by atoms with Crippen LogP contribution in [0.2, 0.25) is 0 Å². The van der Waals surface area contributed by atoms with Gasteiger partial charge in [0, 0.05) is 19.6 Å². The van der Waals surface area contributed by atoms with E-state index in [4.69, 9.17) is 9.47 Å². The smallest absolute Gasteiger partial charge is 0.307 e. The molecule has 0 aliphatic carbocycles. The van der Waals surface area contributed by atoms with Crippen LogP contribution in [0.1, 0.15) is 19.8 Å². The van der Waals surface area contributed by atoms with Gasteiger partial charge in [-0.15, -0.1) is 0 Å². The van der Waals surface area contributed by atoms with E-state index in [0.29, 0.717) is 19.6 Å². The van der Waals surface area contributed by atoms with Crippen LogP contribution in [0.15, 0.2) is 0 Å². The highest BCUT2D eigenvalue weighted by Gasteiger charge is 2.08. The second kappa shape index (κ2) is 9.39. The van der Waals surface area contributed by atoms with Crippen LogP contribution in [0.25, 0.3) is 0 Å². The van der Waals surface area contributed by atoms with E-state index in [1.807, 2.05) is 6.92 Å². The largest absolute Gasteiger partial charge is 0.466 e. The fourth-order valence-corrected chi connectivity index (χ4v) is 1.80. The van der Waals surface area contributed by atoms with Crippen molar-refractivity contribution in [2.45, 2.75) is 19.8 Å². The molecule has 0 unspecified atom stereocenters. The number of nitrogens with one attached hydrogen (secondary N) is 1. The van der Waals surface area contributed by atoms with Crippen LogP contribution in [0, 0.1) is 0 Å². The zero-order valence-corrected chi connectivity index (χ0v) is 10.7. The van der Waals surface area contributed by atoms with Crippen molar-refractivity contribution in [3.05, 3.63) is 0 Å². The first-order chi connectivity index (χ1) is 8.33. The minimum atomic E-state index is -0.117. The lowest BCUT2D eigenvalue weighted by atomic mass is 10.3. The average molecular weight is 244 g/mol. The molecule has 0 amide bonds. The lowest BCUT2D eigenvalue weighted by Gasteiger charge is -2.26. The summed E-state index contributed by atoms with van der Waals surface area (Å²) in [7, 11) is 0. The van der Waals surface area contributed by atoms with Crippen LogP contribution in [-0.2, 0) is 14.3 Å². The standard InChI is InChI=1S/C12H24N2O3/c1-2-17-12(15)4-6-13-5-3-7-14-8-10-16-11-9-14/h13H,2-11H2,1H3. The predicted molar refractivity (Wildman–Crippen MR) is 66.0 cm³/mol. The first-order valence-electron chi connectivity index (χ1n) is 6.49.